The monoisotopic (exact) mass is 1000 g/mol. The van der Waals surface area contributed by atoms with Crippen LogP contribution < -0.4 is 20.7 Å². The van der Waals surface area contributed by atoms with Crippen LogP contribution in [0.4, 0.5) is 14.5 Å². The number of fused-ring (bicyclic) bond motifs is 2. The van der Waals surface area contributed by atoms with Gasteiger partial charge < -0.3 is 30.5 Å². The number of carbonyl (C=O) groups excluding carboxylic acids is 4. The van der Waals surface area contributed by atoms with Crippen molar-refractivity contribution in [2.45, 2.75) is 121 Å². The molecule has 3 aromatic heterocycles. The van der Waals surface area contributed by atoms with Crippen molar-refractivity contribution in [1.82, 2.24) is 45.4 Å². The minimum atomic E-state index is -2.74. The molecule has 2 aromatic carbocycles. The van der Waals surface area contributed by atoms with Gasteiger partial charge in [0, 0.05) is 71.7 Å². The molecule has 0 radical (unpaired) electrons. The van der Waals surface area contributed by atoms with E-state index < -0.39 is 35.2 Å². The smallest absolute Gasteiger partial charge is 0.276 e. The maximum absolute atomic E-state index is 14.5. The summed E-state index contributed by atoms with van der Waals surface area (Å²) < 4.78 is 37.1. The van der Waals surface area contributed by atoms with Crippen LogP contribution in [0.1, 0.15) is 139 Å². The van der Waals surface area contributed by atoms with Gasteiger partial charge in [-0.05, 0) is 95.5 Å². The number of hydrogen-bond donors (Lipinski definition) is 4. The first-order valence-electron chi connectivity index (χ1n) is 25.9. The van der Waals surface area contributed by atoms with Crippen LogP contribution in [0, 0.1) is 23.2 Å². The predicted octanol–water partition coefficient (Wildman–Crippen LogP) is 8.02. The number of likely N-dealkylation sites (N-methyl/N-ethyl adjacent to an activating group) is 1. The molecular formula is C54H66F2N10O5S. The van der Waals surface area contributed by atoms with Gasteiger partial charge in [0.1, 0.15) is 22.5 Å². The number of carbonyl (C=O) groups is 4. The molecule has 382 valence electrons. The number of likely N-dealkylation sites (tertiary alicyclic amines) is 2. The number of nitrogens with zero attached hydrogens (tertiary/aromatic N) is 6. The summed E-state index contributed by atoms with van der Waals surface area (Å²) in [6, 6.07) is 16.2. The van der Waals surface area contributed by atoms with Crippen LogP contribution in [0.25, 0.3) is 0 Å². The molecule has 3 amide bonds. The van der Waals surface area contributed by atoms with Gasteiger partial charge in [-0.2, -0.15) is 10.2 Å². The topological polar surface area (TPSA) is 179 Å². The second kappa shape index (κ2) is 20.9. The zero-order valence-corrected chi connectivity index (χ0v) is 42.2. The molecule has 2 saturated heterocycles. The fourth-order valence-electron chi connectivity index (χ4n) is 11.8. The Morgan fingerprint density at radius 3 is 2.57 bits per heavy atom. The van der Waals surface area contributed by atoms with Crippen LogP contribution in [-0.4, -0.2) is 116 Å². The lowest BCUT2D eigenvalue weighted by molar-refractivity contribution is -0.139. The largest absolute Gasteiger partial charge is 0.494 e. The first-order valence-corrected chi connectivity index (χ1v) is 26.8. The molecule has 72 heavy (non-hydrogen) atoms. The molecule has 6 atom stereocenters. The summed E-state index contributed by atoms with van der Waals surface area (Å²) in [4.78, 5) is 63.6. The Hall–Kier alpha value is -5.85. The number of anilines is 1. The molecule has 3 aliphatic carbocycles. The number of halogens is 2. The maximum Gasteiger partial charge on any atom is 0.276 e. The van der Waals surface area contributed by atoms with Gasteiger partial charge in [0.25, 0.3) is 11.8 Å². The summed E-state index contributed by atoms with van der Waals surface area (Å²) in [6.45, 7) is 7.27. The van der Waals surface area contributed by atoms with E-state index in [0.29, 0.717) is 53.0 Å². The number of hydrogen-bond acceptors (Lipinski definition) is 11. The number of rotatable bonds is 20. The molecule has 0 spiro atoms. The number of ketones is 1. The van der Waals surface area contributed by atoms with Crippen molar-refractivity contribution in [2.24, 2.45) is 23.2 Å². The van der Waals surface area contributed by atoms with E-state index in [1.807, 2.05) is 46.1 Å². The third kappa shape index (κ3) is 9.97. The Labute approximate surface area is 423 Å². The maximum atomic E-state index is 14.5. The predicted molar refractivity (Wildman–Crippen MR) is 269 cm³/mol. The quantitative estimate of drug-likeness (QED) is 0.0441. The standard InChI is InChI=1S/C54H66F2N10O5S/c1-33(57-3)49(68)61-45(34-15-7-4-8-16-34)52(70)65-23-14-21-43(65)51-60-42(32-72-51)48(67)36-19-13-20-39(25-36)71-24-12-6-11-22-64-29-37(30-64)47(35-17-9-5-10-18-35)66-31-38(28-58-66)59-50(69)46-40-26-44-53(2,54(44,55)56)27-41(40)62-63-46/h5,9-10,13,17-20,25,28,31-34,37,43-45,47,57H,4,6-8,11-12,14-16,21-24,26-27,29-30H2,1-3H3,(H,59,69)(H,61,68)(H,62,63)/t33-,43-,44?,45-,47+,53?/m0/s1. The highest BCUT2D eigenvalue weighted by atomic mass is 32.1. The Kier molecular flexibility index (Phi) is 14.5. The third-order valence-electron chi connectivity index (χ3n) is 16.3. The summed E-state index contributed by atoms with van der Waals surface area (Å²) in [6.07, 6.45) is 13.3. The molecule has 5 heterocycles. The van der Waals surface area contributed by atoms with E-state index in [0.717, 1.165) is 94.4 Å². The zero-order valence-electron chi connectivity index (χ0n) is 41.4. The number of thiazole rings is 1. The van der Waals surface area contributed by atoms with Gasteiger partial charge >= 0.3 is 0 Å². The number of nitrogens with one attached hydrogen (secondary N) is 4. The number of aromatic nitrogens is 5. The van der Waals surface area contributed by atoms with Gasteiger partial charge in [0.15, 0.2) is 5.69 Å². The molecule has 4 N–H and O–H groups in total. The highest BCUT2D eigenvalue weighted by molar-refractivity contribution is 7.10. The molecule has 5 aromatic rings. The first kappa shape index (κ1) is 49.7. The number of amides is 3. The molecule has 2 unspecified atom stereocenters. The minimum absolute atomic E-state index is 0.0408. The van der Waals surface area contributed by atoms with Gasteiger partial charge in [0.05, 0.1) is 36.6 Å². The van der Waals surface area contributed by atoms with Crippen molar-refractivity contribution in [2.75, 3.05) is 45.2 Å². The first-order chi connectivity index (χ1) is 34.8. The molecular weight excluding hydrogens is 939 g/mol. The number of H-pyrrole nitrogens is 1. The van der Waals surface area contributed by atoms with E-state index >= 15 is 0 Å². The van der Waals surface area contributed by atoms with Crippen molar-refractivity contribution in [3.8, 4) is 5.75 Å². The minimum Gasteiger partial charge on any atom is -0.494 e. The Morgan fingerprint density at radius 2 is 1.78 bits per heavy atom. The Morgan fingerprint density at radius 1 is 0.972 bits per heavy atom. The van der Waals surface area contributed by atoms with Crippen molar-refractivity contribution in [3.63, 3.8) is 0 Å². The van der Waals surface area contributed by atoms with E-state index in [9.17, 15) is 28.0 Å². The van der Waals surface area contributed by atoms with Crippen LogP contribution in [0.3, 0.4) is 0 Å². The summed E-state index contributed by atoms with van der Waals surface area (Å²) in [5.74, 6) is -3.34. The number of unbranched alkanes of at least 4 members (excludes halogenated alkanes) is 2. The summed E-state index contributed by atoms with van der Waals surface area (Å²) in [7, 11) is 1.74. The van der Waals surface area contributed by atoms with E-state index in [4.69, 9.17) is 14.8 Å². The fourth-order valence-corrected chi connectivity index (χ4v) is 12.7. The molecule has 2 saturated carbocycles. The molecule has 5 aliphatic rings. The van der Waals surface area contributed by atoms with Crippen molar-refractivity contribution >= 4 is 40.5 Å². The van der Waals surface area contributed by atoms with Crippen LogP contribution in [-0.2, 0) is 22.4 Å². The molecule has 15 nitrogen and oxygen atoms in total. The molecule has 18 heteroatoms. The lowest BCUT2D eigenvalue weighted by Crippen LogP contribution is -2.55. The van der Waals surface area contributed by atoms with Gasteiger partial charge in [-0.25, -0.2) is 13.8 Å². The van der Waals surface area contributed by atoms with Gasteiger partial charge in [-0.15, -0.1) is 11.3 Å². The van der Waals surface area contributed by atoms with Crippen LogP contribution >= 0.6 is 11.3 Å². The highest BCUT2D eigenvalue weighted by Gasteiger charge is 2.78. The van der Waals surface area contributed by atoms with E-state index in [1.165, 1.54) is 11.3 Å². The van der Waals surface area contributed by atoms with Gasteiger partial charge in [-0.1, -0.05) is 68.7 Å². The number of aromatic amines is 1. The Bertz CT molecular complexity index is 2750. The van der Waals surface area contributed by atoms with Crippen molar-refractivity contribution in [3.05, 3.63) is 111 Å². The molecule has 10 rings (SSSR count). The highest BCUT2D eigenvalue weighted by Crippen LogP contribution is 2.70. The second-order valence-corrected chi connectivity index (χ2v) is 21.9. The molecule has 4 fully saturated rings. The third-order valence-corrected chi connectivity index (χ3v) is 17.2. The lowest BCUT2D eigenvalue weighted by atomic mass is 9.83. The SMILES string of the molecule is CN[C@@H](C)C(=O)N[C@H](C(=O)N1CCC[C@H]1c1nc(C(=O)c2cccc(OCCCCCN3CC([C@@H](c4ccccc4)n4cc(NC(=O)c5n[nH]c6c5CC5C(F)(F)C5(C)C6)cn4)C3)c2)cs1)C1CCCCC1. The van der Waals surface area contributed by atoms with E-state index in [-0.39, 0.29) is 54.1 Å². The second-order valence-electron chi connectivity index (χ2n) is 21.0. The van der Waals surface area contributed by atoms with Crippen LogP contribution in [0.15, 0.2) is 72.4 Å². The van der Waals surface area contributed by atoms with Crippen LogP contribution in [0.5, 0.6) is 5.75 Å². The molecule has 0 bridgehead atoms. The molecule has 2 aliphatic heterocycles. The Balaban J connectivity index is 0.678. The lowest BCUT2D eigenvalue weighted by Gasteiger charge is -2.43. The normalized spacial score (nSPS) is 23.0. The van der Waals surface area contributed by atoms with Crippen molar-refractivity contribution in [1.29, 1.82) is 0 Å². The van der Waals surface area contributed by atoms with Gasteiger partial charge in [-0.3, -0.25) is 29.0 Å². The summed E-state index contributed by atoms with van der Waals surface area (Å²) >= 11 is 1.41. The number of ether oxygens (including phenoxy) is 1. The summed E-state index contributed by atoms with van der Waals surface area (Å²) in [5.41, 5.74) is 2.78. The number of benzene rings is 2. The van der Waals surface area contributed by atoms with E-state index in [2.05, 4.69) is 43.2 Å². The number of alkyl halides is 2. The average Bonchev–Trinajstić information content (AvgIpc) is 4.15. The van der Waals surface area contributed by atoms with Gasteiger partial charge in [0.2, 0.25) is 17.6 Å². The summed E-state index contributed by atoms with van der Waals surface area (Å²) in [5, 5.41) is 23.3. The average molecular weight is 1010 g/mol. The van der Waals surface area contributed by atoms with E-state index in [1.54, 1.807) is 44.6 Å². The fraction of sp³-hybridized carbons (Fsp3) is 0.537. The zero-order chi connectivity index (χ0) is 50.1. The van der Waals surface area contributed by atoms with Crippen molar-refractivity contribution < 1.29 is 32.7 Å². The van der Waals surface area contributed by atoms with Crippen LogP contribution in [0.2, 0.25) is 0 Å².